The van der Waals surface area contributed by atoms with Gasteiger partial charge in [-0.3, -0.25) is 9.20 Å². The van der Waals surface area contributed by atoms with Crippen molar-refractivity contribution < 1.29 is 4.79 Å². The summed E-state index contributed by atoms with van der Waals surface area (Å²) in [4.78, 5) is 17.8. The van der Waals surface area contributed by atoms with Crippen molar-refractivity contribution in [2.75, 3.05) is 0 Å². The number of benzene rings is 2. The van der Waals surface area contributed by atoms with Gasteiger partial charge in [-0.1, -0.05) is 66.2 Å². The van der Waals surface area contributed by atoms with Gasteiger partial charge in [-0.15, -0.1) is 0 Å². The Hall–Kier alpha value is -3.40. The highest BCUT2D eigenvalue weighted by atomic mass is 16.1. The number of rotatable bonds is 4. The van der Waals surface area contributed by atoms with Crippen LogP contribution >= 0.6 is 0 Å². The Morgan fingerprint density at radius 1 is 0.926 bits per heavy atom. The first-order valence-corrected chi connectivity index (χ1v) is 9.00. The fraction of sp³-hybridized carbons (Fsp3) is 0.130. The third kappa shape index (κ3) is 3.47. The van der Waals surface area contributed by atoms with Crippen molar-refractivity contribution in [3.8, 4) is 11.3 Å². The van der Waals surface area contributed by atoms with Crippen LogP contribution in [0.2, 0.25) is 0 Å². The van der Waals surface area contributed by atoms with Crippen LogP contribution in [0.3, 0.4) is 0 Å². The number of imidazole rings is 1. The molecule has 0 saturated carbocycles. The van der Waals surface area contributed by atoms with Gasteiger partial charge in [-0.2, -0.15) is 0 Å². The van der Waals surface area contributed by atoms with Crippen molar-refractivity contribution in [3.63, 3.8) is 0 Å². The van der Waals surface area contributed by atoms with Gasteiger partial charge in [0.2, 0.25) is 0 Å². The van der Waals surface area contributed by atoms with E-state index >= 15 is 0 Å². The van der Waals surface area contributed by atoms with Crippen molar-refractivity contribution in [3.05, 3.63) is 95.3 Å². The Morgan fingerprint density at radius 2 is 1.63 bits per heavy atom. The number of hydrogen-bond acceptors (Lipinski definition) is 2. The number of carbonyl (C=O) groups is 1. The fourth-order valence-corrected chi connectivity index (χ4v) is 3.14. The Kier molecular flexibility index (Phi) is 4.47. The van der Waals surface area contributed by atoms with E-state index in [-0.39, 0.29) is 5.91 Å². The summed E-state index contributed by atoms with van der Waals surface area (Å²) in [6.45, 7) is 4.53. The summed E-state index contributed by atoms with van der Waals surface area (Å²) in [6.07, 6.45) is 1.96. The standard InChI is InChI=1S/C23H21N3O/c1-16-8-11-19(12-9-16)21-22(26-15-17(2)10-13-20(26)25-21)23(27)24-14-18-6-4-3-5-7-18/h3-13,15H,14H2,1-2H3,(H,24,27). The maximum atomic E-state index is 13.1. The predicted octanol–water partition coefficient (Wildman–Crippen LogP) is 4.55. The van der Waals surface area contributed by atoms with Gasteiger partial charge >= 0.3 is 0 Å². The molecule has 2 heterocycles. The summed E-state index contributed by atoms with van der Waals surface area (Å²) < 4.78 is 1.88. The second kappa shape index (κ2) is 7.08. The van der Waals surface area contributed by atoms with E-state index in [1.165, 1.54) is 5.56 Å². The van der Waals surface area contributed by atoms with E-state index in [1.54, 1.807) is 0 Å². The highest BCUT2D eigenvalue weighted by Gasteiger charge is 2.20. The molecule has 27 heavy (non-hydrogen) atoms. The van der Waals surface area contributed by atoms with Crippen molar-refractivity contribution in [2.24, 2.45) is 0 Å². The SMILES string of the molecule is Cc1ccc(-c2nc3ccc(C)cn3c2C(=O)NCc2ccccc2)cc1. The number of amides is 1. The lowest BCUT2D eigenvalue weighted by Crippen LogP contribution is -2.24. The second-order valence-corrected chi connectivity index (χ2v) is 6.78. The number of pyridine rings is 1. The molecule has 0 aliphatic rings. The minimum atomic E-state index is -0.132. The zero-order chi connectivity index (χ0) is 18.8. The van der Waals surface area contributed by atoms with E-state index in [1.807, 2.05) is 91.2 Å². The summed E-state index contributed by atoms with van der Waals surface area (Å²) in [5.41, 5.74) is 6.28. The van der Waals surface area contributed by atoms with Gasteiger partial charge in [0, 0.05) is 18.3 Å². The molecule has 1 N–H and O–H groups in total. The van der Waals surface area contributed by atoms with E-state index in [9.17, 15) is 4.79 Å². The van der Waals surface area contributed by atoms with Crippen LogP contribution in [0.1, 0.15) is 27.2 Å². The van der Waals surface area contributed by atoms with E-state index in [2.05, 4.69) is 5.32 Å². The number of nitrogens with zero attached hydrogens (tertiary/aromatic N) is 2. The van der Waals surface area contributed by atoms with E-state index in [0.717, 1.165) is 22.3 Å². The molecule has 4 heteroatoms. The van der Waals surface area contributed by atoms with Crippen molar-refractivity contribution in [2.45, 2.75) is 20.4 Å². The molecule has 4 nitrogen and oxygen atoms in total. The average molecular weight is 355 g/mol. The van der Waals surface area contributed by atoms with Crippen LogP contribution in [0.25, 0.3) is 16.9 Å². The lowest BCUT2D eigenvalue weighted by atomic mass is 10.1. The van der Waals surface area contributed by atoms with Crippen molar-refractivity contribution >= 4 is 11.6 Å². The molecule has 0 spiro atoms. The van der Waals surface area contributed by atoms with E-state index in [0.29, 0.717) is 17.9 Å². The molecule has 2 aromatic carbocycles. The lowest BCUT2D eigenvalue weighted by molar-refractivity contribution is 0.0945. The number of aryl methyl sites for hydroxylation is 2. The topological polar surface area (TPSA) is 46.4 Å². The van der Waals surface area contributed by atoms with Crippen LogP contribution in [-0.4, -0.2) is 15.3 Å². The van der Waals surface area contributed by atoms with Crippen LogP contribution in [0.5, 0.6) is 0 Å². The van der Waals surface area contributed by atoms with Crippen molar-refractivity contribution in [1.29, 1.82) is 0 Å². The fourth-order valence-electron chi connectivity index (χ4n) is 3.14. The van der Waals surface area contributed by atoms with Crippen LogP contribution in [0.4, 0.5) is 0 Å². The molecule has 2 aromatic heterocycles. The lowest BCUT2D eigenvalue weighted by Gasteiger charge is -2.08. The summed E-state index contributed by atoms with van der Waals surface area (Å²) in [5, 5.41) is 3.03. The van der Waals surface area contributed by atoms with Crippen molar-refractivity contribution in [1.82, 2.24) is 14.7 Å². The summed E-state index contributed by atoms with van der Waals surface area (Å²) >= 11 is 0. The van der Waals surface area contributed by atoms with Gasteiger partial charge in [0.25, 0.3) is 5.91 Å². The molecular weight excluding hydrogens is 334 g/mol. The molecule has 0 fully saturated rings. The normalized spacial score (nSPS) is 10.9. The number of aromatic nitrogens is 2. The number of hydrogen-bond donors (Lipinski definition) is 1. The Balaban J connectivity index is 1.76. The molecule has 0 aliphatic carbocycles. The van der Waals surface area contributed by atoms with Gasteiger partial charge in [0.1, 0.15) is 17.0 Å². The van der Waals surface area contributed by atoms with Crippen LogP contribution < -0.4 is 5.32 Å². The third-order valence-corrected chi connectivity index (χ3v) is 4.60. The molecule has 1 amide bonds. The number of fused-ring (bicyclic) bond motifs is 1. The highest BCUT2D eigenvalue weighted by Crippen LogP contribution is 2.25. The Bertz CT molecular complexity index is 1100. The van der Waals surface area contributed by atoms with Crippen LogP contribution in [0.15, 0.2) is 72.9 Å². The summed E-state index contributed by atoms with van der Waals surface area (Å²) in [7, 11) is 0. The largest absolute Gasteiger partial charge is 0.347 e. The molecule has 4 rings (SSSR count). The minimum absolute atomic E-state index is 0.132. The maximum Gasteiger partial charge on any atom is 0.270 e. The Labute approximate surface area is 158 Å². The first kappa shape index (κ1) is 17.0. The molecule has 0 atom stereocenters. The average Bonchev–Trinajstić information content (AvgIpc) is 3.06. The molecule has 0 aliphatic heterocycles. The molecule has 134 valence electrons. The molecular formula is C23H21N3O. The summed E-state index contributed by atoms with van der Waals surface area (Å²) in [5.74, 6) is -0.132. The summed E-state index contributed by atoms with van der Waals surface area (Å²) in [6, 6.07) is 22.0. The van der Waals surface area contributed by atoms with Gasteiger partial charge in [0.15, 0.2) is 0 Å². The van der Waals surface area contributed by atoms with Gasteiger partial charge in [-0.05, 0) is 31.0 Å². The van der Waals surface area contributed by atoms with E-state index in [4.69, 9.17) is 4.98 Å². The van der Waals surface area contributed by atoms with Gasteiger partial charge < -0.3 is 5.32 Å². The zero-order valence-electron chi connectivity index (χ0n) is 15.4. The van der Waals surface area contributed by atoms with Crippen LogP contribution in [0, 0.1) is 13.8 Å². The number of nitrogens with one attached hydrogen (secondary N) is 1. The van der Waals surface area contributed by atoms with E-state index < -0.39 is 0 Å². The molecule has 0 unspecified atom stereocenters. The monoisotopic (exact) mass is 355 g/mol. The maximum absolute atomic E-state index is 13.1. The number of carbonyl (C=O) groups excluding carboxylic acids is 1. The first-order valence-electron chi connectivity index (χ1n) is 9.00. The Morgan fingerprint density at radius 3 is 2.37 bits per heavy atom. The smallest absolute Gasteiger partial charge is 0.270 e. The van der Waals surface area contributed by atoms with Crippen LogP contribution in [-0.2, 0) is 6.54 Å². The quantitative estimate of drug-likeness (QED) is 0.584. The molecule has 4 aromatic rings. The molecule has 0 bridgehead atoms. The van der Waals surface area contributed by atoms with Gasteiger partial charge in [-0.25, -0.2) is 4.98 Å². The predicted molar refractivity (Wildman–Crippen MR) is 108 cm³/mol. The van der Waals surface area contributed by atoms with Gasteiger partial charge in [0.05, 0.1) is 0 Å². The highest BCUT2D eigenvalue weighted by molar-refractivity contribution is 5.99. The zero-order valence-corrected chi connectivity index (χ0v) is 15.4. The first-order chi connectivity index (χ1) is 13.1. The molecule has 0 saturated heterocycles. The molecule has 0 radical (unpaired) electrons. The second-order valence-electron chi connectivity index (χ2n) is 6.78. The third-order valence-electron chi connectivity index (χ3n) is 4.60. The minimum Gasteiger partial charge on any atom is -0.347 e.